The summed E-state index contributed by atoms with van der Waals surface area (Å²) >= 11 is 0. The van der Waals surface area contributed by atoms with Crippen LogP contribution in [0.15, 0.2) is 48.5 Å². The van der Waals surface area contributed by atoms with Gasteiger partial charge in [-0.25, -0.2) is 0 Å². The monoisotopic (exact) mass is 713 g/mol. The lowest BCUT2D eigenvalue weighted by Crippen LogP contribution is -1.93. The van der Waals surface area contributed by atoms with Gasteiger partial charge < -0.3 is 20.4 Å². The molecule has 51 heavy (non-hydrogen) atoms. The fraction of sp³-hybridized carbons (Fsp3) is 0.689. The SMILES string of the molecule is CCCCCCCCCCCCCCCC(=O)O.CCCCCCCCCCCCCCCC(=O)O.Oc1ccc(Cc2ccc(O)cc2)cc1. The second kappa shape index (κ2) is 36.8. The van der Waals surface area contributed by atoms with E-state index in [1.54, 1.807) is 24.3 Å². The molecule has 2 aromatic rings. The Labute approximate surface area is 312 Å². The highest BCUT2D eigenvalue weighted by atomic mass is 16.4. The number of hydrogen-bond donors (Lipinski definition) is 4. The molecule has 0 heterocycles. The van der Waals surface area contributed by atoms with Gasteiger partial charge in [-0.1, -0.05) is 192 Å². The van der Waals surface area contributed by atoms with Crippen LogP contribution in [0.1, 0.15) is 205 Å². The molecule has 0 radical (unpaired) electrons. The quantitative estimate of drug-likeness (QED) is 0.0599. The summed E-state index contributed by atoms with van der Waals surface area (Å²) in [6.45, 7) is 4.52. The van der Waals surface area contributed by atoms with E-state index in [-0.39, 0.29) is 11.5 Å². The van der Waals surface area contributed by atoms with E-state index in [9.17, 15) is 9.59 Å². The Morgan fingerprint density at radius 1 is 0.373 bits per heavy atom. The largest absolute Gasteiger partial charge is 0.508 e. The fourth-order valence-electron chi connectivity index (χ4n) is 6.05. The Bertz CT molecular complexity index is 950. The van der Waals surface area contributed by atoms with Gasteiger partial charge in [0.25, 0.3) is 0 Å². The molecule has 0 saturated carbocycles. The van der Waals surface area contributed by atoms with Crippen LogP contribution < -0.4 is 0 Å². The predicted molar refractivity (Wildman–Crippen MR) is 215 cm³/mol. The van der Waals surface area contributed by atoms with Crippen molar-refractivity contribution in [3.63, 3.8) is 0 Å². The molecule has 0 spiro atoms. The maximum Gasteiger partial charge on any atom is 0.303 e. The summed E-state index contributed by atoms with van der Waals surface area (Å²) in [5.74, 6) is -0.745. The number of carbonyl (C=O) groups is 2. The Hall–Kier alpha value is -3.02. The Balaban J connectivity index is 0.000000737. The van der Waals surface area contributed by atoms with Crippen molar-refractivity contribution in [1.82, 2.24) is 0 Å². The van der Waals surface area contributed by atoms with E-state index in [4.69, 9.17) is 20.4 Å². The van der Waals surface area contributed by atoms with Crippen LogP contribution in [-0.2, 0) is 16.0 Å². The van der Waals surface area contributed by atoms with E-state index in [0.29, 0.717) is 12.8 Å². The molecule has 0 atom stereocenters. The number of aromatic hydroxyl groups is 2. The third-order valence-corrected chi connectivity index (χ3v) is 9.27. The molecule has 0 aliphatic heterocycles. The van der Waals surface area contributed by atoms with Gasteiger partial charge in [-0.3, -0.25) is 9.59 Å². The summed E-state index contributed by atoms with van der Waals surface area (Å²) in [4.78, 5) is 20.6. The summed E-state index contributed by atoms with van der Waals surface area (Å²) in [6, 6.07) is 14.3. The molecule has 0 unspecified atom stereocenters. The first-order valence-corrected chi connectivity index (χ1v) is 20.8. The fourth-order valence-corrected chi connectivity index (χ4v) is 6.05. The van der Waals surface area contributed by atoms with Crippen LogP contribution in [-0.4, -0.2) is 32.4 Å². The number of carboxylic acids is 2. The second-order valence-corrected chi connectivity index (χ2v) is 14.3. The average Bonchev–Trinajstić information content (AvgIpc) is 3.11. The zero-order valence-electron chi connectivity index (χ0n) is 32.7. The number of benzene rings is 2. The molecule has 0 saturated heterocycles. The number of aliphatic carboxylic acids is 2. The molecule has 292 valence electrons. The van der Waals surface area contributed by atoms with Crippen LogP contribution in [0, 0.1) is 0 Å². The Morgan fingerprint density at radius 2 is 0.588 bits per heavy atom. The topological polar surface area (TPSA) is 115 Å². The normalized spacial score (nSPS) is 10.5. The van der Waals surface area contributed by atoms with Gasteiger partial charge >= 0.3 is 11.9 Å². The summed E-state index contributed by atoms with van der Waals surface area (Å²) in [5.41, 5.74) is 2.27. The lowest BCUT2D eigenvalue weighted by Gasteiger charge is -2.02. The van der Waals surface area contributed by atoms with Gasteiger partial charge in [-0.15, -0.1) is 0 Å². The van der Waals surface area contributed by atoms with Crippen LogP contribution >= 0.6 is 0 Å². The molecule has 0 aliphatic rings. The number of unbranched alkanes of at least 4 members (excludes halogenated alkanes) is 24. The highest BCUT2D eigenvalue weighted by Crippen LogP contribution is 2.17. The van der Waals surface area contributed by atoms with Crippen molar-refractivity contribution in [3.05, 3.63) is 59.7 Å². The highest BCUT2D eigenvalue weighted by molar-refractivity contribution is 5.66. The first-order chi connectivity index (χ1) is 24.8. The van der Waals surface area contributed by atoms with Crippen LogP contribution in [0.3, 0.4) is 0 Å². The van der Waals surface area contributed by atoms with Crippen molar-refractivity contribution in [3.8, 4) is 11.5 Å². The minimum absolute atomic E-state index is 0.282. The summed E-state index contributed by atoms with van der Waals surface area (Å²) in [5, 5.41) is 35.2. The molecule has 2 aromatic carbocycles. The molecule has 0 aliphatic carbocycles. The predicted octanol–water partition coefficient (Wildman–Crippen LogP) is 13.8. The van der Waals surface area contributed by atoms with Gasteiger partial charge in [0.05, 0.1) is 0 Å². The van der Waals surface area contributed by atoms with Crippen LogP contribution in [0.5, 0.6) is 11.5 Å². The first-order valence-electron chi connectivity index (χ1n) is 20.8. The smallest absolute Gasteiger partial charge is 0.303 e. The van der Waals surface area contributed by atoms with Crippen LogP contribution in [0.2, 0.25) is 0 Å². The van der Waals surface area contributed by atoms with E-state index in [0.717, 1.165) is 43.2 Å². The third kappa shape index (κ3) is 36.6. The van der Waals surface area contributed by atoms with E-state index in [1.807, 2.05) is 24.3 Å². The Morgan fingerprint density at radius 3 is 0.804 bits per heavy atom. The lowest BCUT2D eigenvalue weighted by molar-refractivity contribution is -0.138. The maximum absolute atomic E-state index is 10.3. The number of hydrogen-bond acceptors (Lipinski definition) is 4. The molecule has 2 rings (SSSR count). The number of rotatable bonds is 30. The minimum Gasteiger partial charge on any atom is -0.508 e. The zero-order chi connectivity index (χ0) is 37.6. The number of carboxylic acid groups (broad SMARTS) is 2. The molecule has 0 aromatic heterocycles. The van der Waals surface area contributed by atoms with Crippen molar-refractivity contribution in [2.24, 2.45) is 0 Å². The molecular weight excluding hydrogens is 636 g/mol. The highest BCUT2D eigenvalue weighted by Gasteiger charge is 1.99. The minimum atomic E-state index is -0.655. The molecule has 0 bridgehead atoms. The molecule has 0 fully saturated rings. The van der Waals surface area contributed by atoms with Crippen molar-refractivity contribution in [2.45, 2.75) is 200 Å². The van der Waals surface area contributed by atoms with Gasteiger partial charge in [-0.05, 0) is 54.7 Å². The molecule has 6 nitrogen and oxygen atoms in total. The van der Waals surface area contributed by atoms with Gasteiger partial charge in [0.1, 0.15) is 11.5 Å². The van der Waals surface area contributed by atoms with Crippen molar-refractivity contribution >= 4 is 11.9 Å². The van der Waals surface area contributed by atoms with E-state index in [2.05, 4.69) is 13.8 Å². The van der Waals surface area contributed by atoms with E-state index in [1.165, 1.54) is 141 Å². The Kier molecular flexibility index (Phi) is 34.6. The molecular formula is C45H76O6. The number of phenolic OH excluding ortho intramolecular Hbond substituents is 2. The van der Waals surface area contributed by atoms with Gasteiger partial charge in [0.2, 0.25) is 0 Å². The summed E-state index contributed by atoms with van der Waals surface area (Å²) in [6.07, 6.45) is 35.3. The van der Waals surface area contributed by atoms with Crippen molar-refractivity contribution < 1.29 is 30.0 Å². The standard InChI is InChI=1S/2C16H32O2.C13H12O2/c2*1-2-3-4-5-6-7-8-9-10-11-12-13-14-15-16(17)18;14-12-5-1-10(2-6-12)9-11-3-7-13(15)8-4-11/h2*2-15H2,1H3,(H,17,18);1-8,14-15H,9H2. The molecule has 4 N–H and O–H groups in total. The average molecular weight is 713 g/mol. The second-order valence-electron chi connectivity index (χ2n) is 14.3. The number of phenols is 2. The van der Waals surface area contributed by atoms with Crippen LogP contribution in [0.25, 0.3) is 0 Å². The lowest BCUT2D eigenvalue weighted by atomic mass is 10.0. The third-order valence-electron chi connectivity index (χ3n) is 9.27. The van der Waals surface area contributed by atoms with Crippen LogP contribution in [0.4, 0.5) is 0 Å². The van der Waals surface area contributed by atoms with Gasteiger partial charge in [0.15, 0.2) is 0 Å². The van der Waals surface area contributed by atoms with E-state index < -0.39 is 11.9 Å². The van der Waals surface area contributed by atoms with Gasteiger partial charge in [0, 0.05) is 12.8 Å². The zero-order valence-corrected chi connectivity index (χ0v) is 32.7. The van der Waals surface area contributed by atoms with Gasteiger partial charge in [-0.2, -0.15) is 0 Å². The maximum atomic E-state index is 10.3. The molecule has 6 heteroatoms. The van der Waals surface area contributed by atoms with E-state index >= 15 is 0 Å². The van der Waals surface area contributed by atoms with Crippen molar-refractivity contribution in [1.29, 1.82) is 0 Å². The van der Waals surface area contributed by atoms with Crippen molar-refractivity contribution in [2.75, 3.05) is 0 Å². The molecule has 0 amide bonds. The summed E-state index contributed by atoms with van der Waals surface area (Å²) in [7, 11) is 0. The summed E-state index contributed by atoms with van der Waals surface area (Å²) < 4.78 is 0. The first kappa shape index (κ1) is 48.0.